The molecule has 1 aliphatic rings. The second-order valence-electron chi connectivity index (χ2n) is 8.25. The van der Waals surface area contributed by atoms with Crippen LogP contribution in [0, 0.1) is 6.92 Å². The van der Waals surface area contributed by atoms with Gasteiger partial charge in [-0.05, 0) is 36.8 Å². The molecule has 0 unspecified atom stereocenters. The van der Waals surface area contributed by atoms with Gasteiger partial charge in [0.15, 0.2) is 0 Å². The van der Waals surface area contributed by atoms with Gasteiger partial charge in [-0.1, -0.05) is 35.9 Å². The molecule has 0 saturated heterocycles. The van der Waals surface area contributed by atoms with E-state index in [0.29, 0.717) is 36.6 Å². The van der Waals surface area contributed by atoms with Gasteiger partial charge in [-0.25, -0.2) is 4.68 Å². The number of aromatic amines is 1. The highest BCUT2D eigenvalue weighted by Crippen LogP contribution is 2.30. The summed E-state index contributed by atoms with van der Waals surface area (Å²) in [6, 6.07) is 16.7. The van der Waals surface area contributed by atoms with Crippen LogP contribution in [0.1, 0.15) is 33.6 Å². The Labute approximate surface area is 201 Å². The fraction of sp³-hybridized carbons (Fsp3) is 0.200. The van der Waals surface area contributed by atoms with Crippen molar-refractivity contribution < 1.29 is 9.59 Å². The highest BCUT2D eigenvalue weighted by molar-refractivity contribution is 6.30. The summed E-state index contributed by atoms with van der Waals surface area (Å²) >= 11 is 6.14. The Balaban J connectivity index is 1.30. The van der Waals surface area contributed by atoms with Crippen LogP contribution in [0.2, 0.25) is 5.02 Å². The second-order valence-corrected chi connectivity index (χ2v) is 8.69. The summed E-state index contributed by atoms with van der Waals surface area (Å²) in [5.41, 5.74) is 5.04. The van der Waals surface area contributed by atoms with Crippen molar-refractivity contribution in [2.75, 3.05) is 4.90 Å². The van der Waals surface area contributed by atoms with Crippen molar-refractivity contribution in [2.45, 2.75) is 33.0 Å². The molecule has 0 atom stereocenters. The normalized spacial score (nSPS) is 13.1. The average Bonchev–Trinajstić information content (AvgIpc) is 3.46. The molecular formula is C25H23ClN6O2. The predicted molar refractivity (Wildman–Crippen MR) is 129 cm³/mol. The lowest BCUT2D eigenvalue weighted by Crippen LogP contribution is -2.36. The number of halogens is 1. The molecule has 0 spiro atoms. The molecule has 2 amide bonds. The molecule has 2 aromatic heterocycles. The number of H-pyrrole nitrogens is 1. The minimum absolute atomic E-state index is 0.0438. The van der Waals surface area contributed by atoms with Crippen LogP contribution >= 0.6 is 11.6 Å². The van der Waals surface area contributed by atoms with Crippen molar-refractivity contribution in [1.82, 2.24) is 25.3 Å². The number of nitrogens with zero attached hydrogens (tertiary/aromatic N) is 4. The standard InChI is InChI=1S/C25H23ClN6O2/c1-16-20(14-28-29-16)13-27-25(34)18-7-5-17(6-8-18)15-31-23-12-22(19-3-2-4-21(26)11-19)30-32(23)10-9-24(31)33/h2-8,11-12,14H,9-10,13,15H2,1H3,(H,27,34)(H,28,29). The van der Waals surface area contributed by atoms with Crippen LogP contribution in [0.4, 0.5) is 5.82 Å². The Morgan fingerprint density at radius 3 is 2.74 bits per heavy atom. The molecule has 0 saturated carbocycles. The molecule has 8 nitrogen and oxygen atoms in total. The SMILES string of the molecule is Cc1[nH]ncc1CNC(=O)c1ccc(CN2C(=O)CCn3nc(-c4cccc(Cl)c4)cc32)cc1. The number of carbonyl (C=O) groups is 2. The Kier molecular flexibility index (Phi) is 5.90. The number of amides is 2. The van der Waals surface area contributed by atoms with Crippen LogP contribution in [0.3, 0.4) is 0 Å². The molecule has 5 rings (SSSR count). The molecule has 1 aliphatic heterocycles. The fourth-order valence-corrected chi connectivity index (χ4v) is 4.18. The van der Waals surface area contributed by atoms with Gasteiger partial charge in [0.2, 0.25) is 5.91 Å². The summed E-state index contributed by atoms with van der Waals surface area (Å²) in [5, 5.41) is 15.0. The number of fused-ring (bicyclic) bond motifs is 1. The van der Waals surface area contributed by atoms with E-state index in [1.165, 1.54) is 0 Å². The Morgan fingerprint density at radius 2 is 2.00 bits per heavy atom. The zero-order valence-electron chi connectivity index (χ0n) is 18.6. The number of carbonyl (C=O) groups excluding carboxylic acids is 2. The van der Waals surface area contributed by atoms with Crippen molar-refractivity contribution >= 4 is 29.2 Å². The van der Waals surface area contributed by atoms with Gasteiger partial charge in [-0.2, -0.15) is 10.2 Å². The summed E-state index contributed by atoms with van der Waals surface area (Å²) < 4.78 is 1.86. The van der Waals surface area contributed by atoms with Crippen molar-refractivity contribution in [2.24, 2.45) is 0 Å². The van der Waals surface area contributed by atoms with Gasteiger partial charge in [-0.3, -0.25) is 19.6 Å². The fourth-order valence-electron chi connectivity index (χ4n) is 3.99. The van der Waals surface area contributed by atoms with Crippen molar-refractivity contribution in [3.63, 3.8) is 0 Å². The minimum atomic E-state index is -0.162. The van der Waals surface area contributed by atoms with Crippen LogP contribution < -0.4 is 10.2 Å². The number of hydrogen-bond donors (Lipinski definition) is 2. The molecule has 0 aliphatic carbocycles. The van der Waals surface area contributed by atoms with E-state index < -0.39 is 0 Å². The van der Waals surface area contributed by atoms with Crippen LogP contribution in [0.15, 0.2) is 60.8 Å². The lowest BCUT2D eigenvalue weighted by Gasteiger charge is -2.27. The third-order valence-corrected chi connectivity index (χ3v) is 6.16. The highest BCUT2D eigenvalue weighted by Gasteiger charge is 2.26. The van der Waals surface area contributed by atoms with Gasteiger partial charge in [0.1, 0.15) is 5.82 Å². The number of benzene rings is 2. The average molecular weight is 475 g/mol. The van der Waals surface area contributed by atoms with Gasteiger partial charge in [0.25, 0.3) is 5.91 Å². The van der Waals surface area contributed by atoms with E-state index in [9.17, 15) is 9.59 Å². The molecule has 0 radical (unpaired) electrons. The number of nitrogens with one attached hydrogen (secondary N) is 2. The second kappa shape index (κ2) is 9.15. The number of aryl methyl sites for hydroxylation is 2. The van der Waals surface area contributed by atoms with Gasteiger partial charge >= 0.3 is 0 Å². The number of anilines is 1. The third kappa shape index (κ3) is 4.45. The smallest absolute Gasteiger partial charge is 0.251 e. The lowest BCUT2D eigenvalue weighted by molar-refractivity contribution is -0.119. The maximum absolute atomic E-state index is 12.8. The number of hydrogen-bond acceptors (Lipinski definition) is 4. The third-order valence-electron chi connectivity index (χ3n) is 5.92. The summed E-state index contributed by atoms with van der Waals surface area (Å²) in [6.45, 7) is 3.26. The largest absolute Gasteiger partial charge is 0.348 e. The van der Waals surface area contributed by atoms with E-state index in [2.05, 4.69) is 20.6 Å². The number of aromatic nitrogens is 4. The first kappa shape index (κ1) is 21.9. The molecule has 0 fully saturated rings. The quantitative estimate of drug-likeness (QED) is 0.439. The summed E-state index contributed by atoms with van der Waals surface area (Å²) in [6.07, 6.45) is 2.09. The van der Waals surface area contributed by atoms with E-state index in [-0.39, 0.29) is 11.8 Å². The molecule has 3 heterocycles. The van der Waals surface area contributed by atoms with Crippen LogP contribution in [0.5, 0.6) is 0 Å². The summed E-state index contributed by atoms with van der Waals surface area (Å²) in [7, 11) is 0. The van der Waals surface area contributed by atoms with E-state index in [4.69, 9.17) is 11.6 Å². The maximum Gasteiger partial charge on any atom is 0.251 e. The monoisotopic (exact) mass is 474 g/mol. The van der Waals surface area contributed by atoms with Gasteiger partial charge in [0, 0.05) is 46.4 Å². The van der Waals surface area contributed by atoms with Gasteiger partial charge < -0.3 is 5.32 Å². The predicted octanol–water partition coefficient (Wildman–Crippen LogP) is 4.10. The molecule has 172 valence electrons. The number of rotatable bonds is 6. The summed E-state index contributed by atoms with van der Waals surface area (Å²) in [5.74, 6) is 0.635. The van der Waals surface area contributed by atoms with Crippen molar-refractivity contribution in [3.05, 3.63) is 88.2 Å². The van der Waals surface area contributed by atoms with Crippen molar-refractivity contribution in [1.29, 1.82) is 0 Å². The van der Waals surface area contributed by atoms with E-state index in [0.717, 1.165) is 33.9 Å². The molecular weight excluding hydrogens is 452 g/mol. The molecule has 4 aromatic rings. The maximum atomic E-state index is 12.8. The van der Waals surface area contributed by atoms with Crippen LogP contribution in [0.25, 0.3) is 11.3 Å². The van der Waals surface area contributed by atoms with Gasteiger partial charge in [-0.15, -0.1) is 0 Å². The first-order chi connectivity index (χ1) is 16.5. The molecule has 34 heavy (non-hydrogen) atoms. The molecule has 2 N–H and O–H groups in total. The van der Waals surface area contributed by atoms with Crippen LogP contribution in [-0.4, -0.2) is 31.8 Å². The zero-order valence-corrected chi connectivity index (χ0v) is 19.3. The molecule has 9 heteroatoms. The minimum Gasteiger partial charge on any atom is -0.348 e. The van der Waals surface area contributed by atoms with Gasteiger partial charge in [0.05, 0.1) is 25.0 Å². The first-order valence-corrected chi connectivity index (χ1v) is 11.4. The van der Waals surface area contributed by atoms with Crippen LogP contribution in [-0.2, 0) is 24.4 Å². The molecule has 2 aromatic carbocycles. The van der Waals surface area contributed by atoms with E-state index in [1.807, 2.05) is 54.1 Å². The Hall–Kier alpha value is -3.91. The Bertz CT molecular complexity index is 1360. The molecule has 0 bridgehead atoms. The summed E-state index contributed by atoms with van der Waals surface area (Å²) in [4.78, 5) is 27.0. The highest BCUT2D eigenvalue weighted by atomic mass is 35.5. The lowest BCUT2D eigenvalue weighted by atomic mass is 10.1. The van der Waals surface area contributed by atoms with Crippen molar-refractivity contribution in [3.8, 4) is 11.3 Å². The zero-order chi connectivity index (χ0) is 23.7. The van der Waals surface area contributed by atoms with E-state index >= 15 is 0 Å². The Morgan fingerprint density at radius 1 is 1.18 bits per heavy atom. The first-order valence-electron chi connectivity index (χ1n) is 11.0. The topological polar surface area (TPSA) is 95.9 Å². The van der Waals surface area contributed by atoms with E-state index in [1.54, 1.807) is 23.2 Å².